The Morgan fingerprint density at radius 2 is 1.89 bits per heavy atom. The number of methoxy groups -OCH3 is 2. The van der Waals surface area contributed by atoms with Gasteiger partial charge in [-0.1, -0.05) is 12.1 Å². The summed E-state index contributed by atoms with van der Waals surface area (Å²) in [7, 11) is 3.10. The lowest BCUT2D eigenvalue weighted by atomic mass is 10.00. The fraction of sp³-hybridized carbons (Fsp3) is 0.481. The number of ether oxygens (including phenoxy) is 2. The molecule has 1 heterocycles. The zero-order valence-electron chi connectivity index (χ0n) is 21.4. The van der Waals surface area contributed by atoms with Crippen molar-refractivity contribution in [1.82, 2.24) is 15.5 Å². The minimum atomic E-state index is -1.08. The Bertz CT molecular complexity index is 1050. The zero-order chi connectivity index (χ0) is 26.9. The smallest absolute Gasteiger partial charge is 0.242 e. The van der Waals surface area contributed by atoms with Gasteiger partial charge >= 0.3 is 0 Å². The van der Waals surface area contributed by atoms with Gasteiger partial charge in [0.05, 0.1) is 31.8 Å². The van der Waals surface area contributed by atoms with Crippen molar-refractivity contribution in [1.29, 1.82) is 0 Å². The van der Waals surface area contributed by atoms with E-state index in [1.54, 1.807) is 14.0 Å². The molecule has 2 aromatic rings. The van der Waals surface area contributed by atoms with Crippen LogP contribution in [0.4, 0.5) is 8.78 Å². The monoisotopic (exact) mass is 519 g/mol. The molecule has 2 amide bonds. The maximum atomic E-state index is 13.8. The van der Waals surface area contributed by atoms with Crippen LogP contribution in [0.1, 0.15) is 24.5 Å². The molecule has 0 unspecified atom stereocenters. The molecular formula is C27H35F2N3O5. The molecule has 3 rings (SSSR count). The predicted octanol–water partition coefficient (Wildman–Crippen LogP) is 2.03. The van der Waals surface area contributed by atoms with Crippen molar-refractivity contribution in [2.45, 2.75) is 44.5 Å². The van der Waals surface area contributed by atoms with E-state index >= 15 is 0 Å². The fourth-order valence-electron chi connectivity index (χ4n) is 4.50. The lowest BCUT2D eigenvalue weighted by Gasteiger charge is -2.29. The highest BCUT2D eigenvalue weighted by Gasteiger charge is 2.37. The summed E-state index contributed by atoms with van der Waals surface area (Å²) < 4.78 is 37.9. The molecule has 0 aliphatic carbocycles. The first-order valence-corrected chi connectivity index (χ1v) is 12.3. The summed E-state index contributed by atoms with van der Waals surface area (Å²) in [6.45, 7) is 2.87. The molecule has 10 heteroatoms. The second-order valence-electron chi connectivity index (χ2n) is 9.30. The molecule has 202 valence electrons. The van der Waals surface area contributed by atoms with E-state index in [-0.39, 0.29) is 31.4 Å². The molecule has 1 fully saturated rings. The SMILES string of the molecule is COC[C@H]1CCN([C@@H](C)C(=O)N[C@@H](Cc2cc(F)cc(F)c2)[C@H](O)CNCc2cccc(OC)c2)C1=O. The summed E-state index contributed by atoms with van der Waals surface area (Å²) in [6, 6.07) is 8.91. The Labute approximate surface area is 215 Å². The Morgan fingerprint density at radius 1 is 1.16 bits per heavy atom. The first kappa shape index (κ1) is 28.5. The fourth-order valence-corrected chi connectivity index (χ4v) is 4.50. The second kappa shape index (κ2) is 13.5. The average molecular weight is 520 g/mol. The third kappa shape index (κ3) is 7.95. The summed E-state index contributed by atoms with van der Waals surface area (Å²) in [5.74, 6) is -1.69. The lowest BCUT2D eigenvalue weighted by molar-refractivity contribution is -0.140. The van der Waals surface area contributed by atoms with Crippen LogP contribution in [0.15, 0.2) is 42.5 Å². The van der Waals surface area contributed by atoms with Gasteiger partial charge in [-0.15, -0.1) is 0 Å². The van der Waals surface area contributed by atoms with Gasteiger partial charge < -0.3 is 30.1 Å². The molecule has 3 N–H and O–H groups in total. The molecule has 1 aliphatic rings. The number of carbonyl (C=O) groups excluding carboxylic acids is 2. The number of nitrogens with one attached hydrogen (secondary N) is 2. The van der Waals surface area contributed by atoms with Crippen LogP contribution >= 0.6 is 0 Å². The first-order chi connectivity index (χ1) is 17.7. The number of likely N-dealkylation sites (tertiary alicyclic amines) is 1. The number of benzene rings is 2. The summed E-state index contributed by atoms with van der Waals surface area (Å²) in [6.07, 6.45) is -0.494. The molecular weight excluding hydrogens is 484 g/mol. The van der Waals surface area contributed by atoms with Gasteiger partial charge in [0.25, 0.3) is 0 Å². The van der Waals surface area contributed by atoms with E-state index in [1.165, 1.54) is 24.1 Å². The Kier molecular flexibility index (Phi) is 10.4. The maximum absolute atomic E-state index is 13.8. The van der Waals surface area contributed by atoms with Gasteiger partial charge in [0.1, 0.15) is 23.4 Å². The van der Waals surface area contributed by atoms with Gasteiger partial charge in [0.2, 0.25) is 11.8 Å². The van der Waals surface area contributed by atoms with E-state index in [0.29, 0.717) is 30.8 Å². The van der Waals surface area contributed by atoms with E-state index in [1.807, 2.05) is 24.3 Å². The van der Waals surface area contributed by atoms with E-state index in [0.717, 1.165) is 11.6 Å². The molecule has 37 heavy (non-hydrogen) atoms. The number of amides is 2. The Balaban J connectivity index is 1.68. The van der Waals surface area contributed by atoms with Crippen LogP contribution < -0.4 is 15.4 Å². The van der Waals surface area contributed by atoms with Crippen molar-refractivity contribution in [3.05, 3.63) is 65.2 Å². The van der Waals surface area contributed by atoms with Gasteiger partial charge in [-0.3, -0.25) is 9.59 Å². The van der Waals surface area contributed by atoms with E-state index in [4.69, 9.17) is 9.47 Å². The van der Waals surface area contributed by atoms with Crippen molar-refractivity contribution < 1.29 is 33.0 Å². The molecule has 0 radical (unpaired) electrons. The van der Waals surface area contributed by atoms with Gasteiger partial charge in [-0.25, -0.2) is 8.78 Å². The highest BCUT2D eigenvalue weighted by molar-refractivity contribution is 5.89. The third-order valence-electron chi connectivity index (χ3n) is 6.55. The minimum absolute atomic E-state index is 0.00457. The summed E-state index contributed by atoms with van der Waals surface area (Å²) in [5, 5.41) is 16.9. The van der Waals surface area contributed by atoms with Gasteiger partial charge in [-0.05, 0) is 55.2 Å². The van der Waals surface area contributed by atoms with Crippen molar-refractivity contribution >= 4 is 11.8 Å². The molecule has 1 saturated heterocycles. The predicted molar refractivity (Wildman–Crippen MR) is 134 cm³/mol. The summed E-state index contributed by atoms with van der Waals surface area (Å²) >= 11 is 0. The molecule has 0 aromatic heterocycles. The lowest BCUT2D eigenvalue weighted by Crippen LogP contribution is -2.54. The molecule has 0 saturated carbocycles. The van der Waals surface area contributed by atoms with Crippen LogP contribution in [-0.4, -0.2) is 73.9 Å². The van der Waals surface area contributed by atoms with Crippen molar-refractivity contribution in [3.63, 3.8) is 0 Å². The number of aliphatic hydroxyl groups excluding tert-OH is 1. The molecule has 4 atom stereocenters. The Morgan fingerprint density at radius 3 is 2.57 bits per heavy atom. The van der Waals surface area contributed by atoms with Gasteiger partial charge in [0, 0.05) is 32.8 Å². The zero-order valence-corrected chi connectivity index (χ0v) is 21.4. The van der Waals surface area contributed by atoms with Crippen molar-refractivity contribution in [2.75, 3.05) is 33.9 Å². The van der Waals surface area contributed by atoms with E-state index in [9.17, 15) is 23.5 Å². The molecule has 0 bridgehead atoms. The quantitative estimate of drug-likeness (QED) is 0.375. The number of halogens is 2. The number of nitrogens with zero attached hydrogens (tertiary/aromatic N) is 1. The molecule has 8 nitrogen and oxygen atoms in total. The van der Waals surface area contributed by atoms with Crippen LogP contribution in [0, 0.1) is 17.6 Å². The normalized spacial score (nSPS) is 17.9. The summed E-state index contributed by atoms with van der Waals surface area (Å²) in [4.78, 5) is 27.3. The largest absolute Gasteiger partial charge is 0.497 e. The second-order valence-corrected chi connectivity index (χ2v) is 9.30. The van der Waals surface area contributed by atoms with Crippen molar-refractivity contribution in [2.24, 2.45) is 5.92 Å². The number of hydrogen-bond donors (Lipinski definition) is 3. The Hall–Kier alpha value is -3.08. The van der Waals surface area contributed by atoms with Crippen molar-refractivity contribution in [3.8, 4) is 5.75 Å². The van der Waals surface area contributed by atoms with Gasteiger partial charge in [-0.2, -0.15) is 0 Å². The first-order valence-electron chi connectivity index (χ1n) is 12.3. The highest BCUT2D eigenvalue weighted by Crippen LogP contribution is 2.21. The van der Waals surface area contributed by atoms with E-state index < -0.39 is 35.7 Å². The van der Waals surface area contributed by atoms with Crippen LogP contribution in [0.3, 0.4) is 0 Å². The number of hydrogen-bond acceptors (Lipinski definition) is 6. The minimum Gasteiger partial charge on any atom is -0.497 e. The van der Waals surface area contributed by atoms with Crippen LogP contribution in [-0.2, 0) is 27.3 Å². The molecule has 2 aromatic carbocycles. The number of rotatable bonds is 13. The van der Waals surface area contributed by atoms with Crippen LogP contribution in [0.25, 0.3) is 0 Å². The highest BCUT2D eigenvalue weighted by atomic mass is 19.1. The average Bonchev–Trinajstić information content (AvgIpc) is 3.22. The van der Waals surface area contributed by atoms with Crippen LogP contribution in [0.2, 0.25) is 0 Å². The van der Waals surface area contributed by atoms with E-state index in [2.05, 4.69) is 10.6 Å². The maximum Gasteiger partial charge on any atom is 0.242 e. The van der Waals surface area contributed by atoms with Gasteiger partial charge in [0.15, 0.2) is 0 Å². The standard InChI is InChI=1S/C27H35F2N3O5/c1-17(32-8-7-20(16-36-2)27(32)35)26(34)31-24(12-19-9-21(28)13-22(29)10-19)25(33)15-30-14-18-5-4-6-23(11-18)37-3/h4-6,9-11,13,17,20,24-25,30,33H,7-8,12,14-16H2,1-3H3,(H,31,34)/t17-,20+,24-,25+/m0/s1. The molecule has 0 spiro atoms. The summed E-state index contributed by atoms with van der Waals surface area (Å²) in [5.41, 5.74) is 1.23. The van der Waals surface area contributed by atoms with Crippen LogP contribution in [0.5, 0.6) is 5.75 Å². The molecule has 1 aliphatic heterocycles. The number of carbonyl (C=O) groups is 2. The third-order valence-corrected chi connectivity index (χ3v) is 6.55. The number of aliphatic hydroxyl groups is 1. The topological polar surface area (TPSA) is 100 Å².